The molecule has 0 bridgehead atoms. The predicted molar refractivity (Wildman–Crippen MR) is 211 cm³/mol. The van der Waals surface area contributed by atoms with E-state index in [4.69, 9.17) is 23.8 Å². The summed E-state index contributed by atoms with van der Waals surface area (Å²) in [6, 6.07) is 56.3. The van der Waals surface area contributed by atoms with E-state index in [1.54, 1.807) is 0 Å². The fourth-order valence-electron chi connectivity index (χ4n) is 7.67. The van der Waals surface area contributed by atoms with Crippen molar-refractivity contribution < 1.29 is 8.83 Å². The van der Waals surface area contributed by atoms with Gasteiger partial charge in [-0.2, -0.15) is 0 Å². The molecule has 0 amide bonds. The monoisotopic (exact) mass is 665 g/mol. The summed E-state index contributed by atoms with van der Waals surface area (Å²) < 4.78 is 13.2. The van der Waals surface area contributed by atoms with Crippen molar-refractivity contribution in [3.8, 4) is 45.3 Å². The van der Waals surface area contributed by atoms with Crippen molar-refractivity contribution in [1.29, 1.82) is 0 Å². The van der Waals surface area contributed by atoms with Crippen molar-refractivity contribution in [3.05, 3.63) is 164 Å². The van der Waals surface area contributed by atoms with Gasteiger partial charge in [-0.05, 0) is 57.6 Å². The normalized spacial score (nSPS) is 11.8. The minimum absolute atomic E-state index is 0.548. The number of aromatic nitrogens is 3. The summed E-state index contributed by atoms with van der Waals surface area (Å²) in [5.41, 5.74) is 8.16. The molecule has 0 spiro atoms. The molecule has 5 nitrogen and oxygen atoms in total. The third-order valence-electron chi connectivity index (χ3n) is 10.1. The second-order valence-corrected chi connectivity index (χ2v) is 13.1. The molecule has 0 aliphatic rings. The maximum atomic E-state index is 6.66. The van der Waals surface area contributed by atoms with Gasteiger partial charge >= 0.3 is 0 Å². The fraction of sp³-hybridized carbons (Fsp3) is 0. The van der Waals surface area contributed by atoms with E-state index in [9.17, 15) is 0 Å². The molecule has 3 aromatic heterocycles. The number of hydrogen-bond donors (Lipinski definition) is 0. The van der Waals surface area contributed by atoms with E-state index >= 15 is 0 Å². The minimum Gasteiger partial charge on any atom is -0.455 e. The maximum Gasteiger partial charge on any atom is 0.167 e. The lowest BCUT2D eigenvalue weighted by Crippen LogP contribution is -2.01. The van der Waals surface area contributed by atoms with Crippen LogP contribution in [-0.4, -0.2) is 15.0 Å². The average molecular weight is 666 g/mol. The van der Waals surface area contributed by atoms with Crippen molar-refractivity contribution in [2.75, 3.05) is 0 Å². The van der Waals surface area contributed by atoms with Crippen LogP contribution >= 0.6 is 0 Å². The number of furan rings is 2. The molecular formula is C47H27N3O2. The Hall–Kier alpha value is -7.11. The average Bonchev–Trinajstić information content (AvgIpc) is 3.79. The number of nitrogens with zero attached hydrogens (tertiary/aromatic N) is 3. The van der Waals surface area contributed by atoms with Gasteiger partial charge < -0.3 is 8.83 Å². The number of benzene rings is 8. The minimum atomic E-state index is 0.548. The Bertz CT molecular complexity index is 3190. The van der Waals surface area contributed by atoms with Crippen molar-refractivity contribution in [3.63, 3.8) is 0 Å². The van der Waals surface area contributed by atoms with E-state index in [1.165, 1.54) is 0 Å². The summed E-state index contributed by atoms with van der Waals surface area (Å²) >= 11 is 0. The zero-order valence-electron chi connectivity index (χ0n) is 27.7. The van der Waals surface area contributed by atoms with Gasteiger partial charge in [0.05, 0.1) is 5.56 Å². The molecule has 0 aliphatic heterocycles. The smallest absolute Gasteiger partial charge is 0.167 e. The third-order valence-corrected chi connectivity index (χ3v) is 10.1. The van der Waals surface area contributed by atoms with Gasteiger partial charge in [0.1, 0.15) is 22.3 Å². The first kappa shape index (κ1) is 28.7. The Morgan fingerprint density at radius 1 is 0.308 bits per heavy atom. The first-order chi connectivity index (χ1) is 25.8. The van der Waals surface area contributed by atoms with E-state index in [0.29, 0.717) is 17.5 Å². The van der Waals surface area contributed by atoms with Gasteiger partial charge in [0, 0.05) is 38.1 Å². The van der Waals surface area contributed by atoms with E-state index in [-0.39, 0.29) is 0 Å². The van der Waals surface area contributed by atoms with Crippen LogP contribution in [0.4, 0.5) is 0 Å². The molecule has 0 unspecified atom stereocenters. The zero-order chi connectivity index (χ0) is 34.2. The Balaban J connectivity index is 1.20. The summed E-state index contributed by atoms with van der Waals surface area (Å²) in [7, 11) is 0. The van der Waals surface area contributed by atoms with Crippen molar-refractivity contribution >= 4 is 65.4 Å². The molecule has 0 atom stereocenters. The van der Waals surface area contributed by atoms with Crippen LogP contribution in [0.1, 0.15) is 0 Å². The van der Waals surface area contributed by atoms with Gasteiger partial charge in [0.25, 0.3) is 0 Å². The van der Waals surface area contributed by atoms with Crippen molar-refractivity contribution in [2.24, 2.45) is 0 Å². The van der Waals surface area contributed by atoms with Crippen LogP contribution in [0, 0.1) is 0 Å². The zero-order valence-corrected chi connectivity index (χ0v) is 27.7. The van der Waals surface area contributed by atoms with Crippen LogP contribution in [0.25, 0.3) is 111 Å². The quantitative estimate of drug-likeness (QED) is 0.187. The summed E-state index contributed by atoms with van der Waals surface area (Å²) in [5, 5.41) is 8.32. The maximum absolute atomic E-state index is 6.66. The van der Waals surface area contributed by atoms with Crippen LogP contribution in [0.2, 0.25) is 0 Å². The highest BCUT2D eigenvalue weighted by Crippen LogP contribution is 2.42. The van der Waals surface area contributed by atoms with Crippen LogP contribution in [0.15, 0.2) is 173 Å². The molecule has 11 rings (SSSR count). The van der Waals surface area contributed by atoms with Crippen LogP contribution in [0.5, 0.6) is 0 Å². The Labute approximate surface area is 297 Å². The van der Waals surface area contributed by atoms with Crippen LogP contribution < -0.4 is 0 Å². The summed E-state index contributed by atoms with van der Waals surface area (Å²) in [5.74, 6) is 1.72. The van der Waals surface area contributed by atoms with Crippen LogP contribution in [0.3, 0.4) is 0 Å². The Morgan fingerprint density at radius 3 is 1.75 bits per heavy atom. The topological polar surface area (TPSA) is 65.0 Å². The highest BCUT2D eigenvalue weighted by Gasteiger charge is 2.21. The molecule has 52 heavy (non-hydrogen) atoms. The first-order valence-corrected chi connectivity index (χ1v) is 17.4. The van der Waals surface area contributed by atoms with E-state index in [2.05, 4.69) is 127 Å². The Kier molecular flexibility index (Phi) is 6.18. The number of hydrogen-bond acceptors (Lipinski definition) is 5. The molecule has 242 valence electrons. The molecule has 11 aromatic rings. The van der Waals surface area contributed by atoms with Crippen molar-refractivity contribution in [1.82, 2.24) is 15.0 Å². The van der Waals surface area contributed by atoms with E-state index in [1.807, 2.05) is 36.4 Å². The van der Waals surface area contributed by atoms with E-state index < -0.39 is 0 Å². The molecule has 0 aliphatic carbocycles. The van der Waals surface area contributed by atoms with Gasteiger partial charge in [-0.3, -0.25) is 0 Å². The number of rotatable bonds is 4. The number of fused-ring (bicyclic) bond motifs is 9. The standard InChI is InChI=1S/C47H27N3O2/c1-2-12-28(13-3-1)30-24-25-34-39-27-40(32-17-6-7-19-35(32)44(39)52-42(34)26-30)47-49-45(37-21-10-15-29-14-4-5-16-31(29)37)48-46(50-47)38-22-11-20-36-33-18-8-9-23-41(33)51-43(36)38/h1-27H. The second-order valence-electron chi connectivity index (χ2n) is 13.1. The van der Waals surface area contributed by atoms with Gasteiger partial charge in [0.2, 0.25) is 0 Å². The van der Waals surface area contributed by atoms with Crippen molar-refractivity contribution in [2.45, 2.75) is 0 Å². The molecule has 0 radical (unpaired) electrons. The van der Waals surface area contributed by atoms with Gasteiger partial charge in [-0.15, -0.1) is 0 Å². The molecule has 8 aromatic carbocycles. The summed E-state index contributed by atoms with van der Waals surface area (Å²) in [6.07, 6.45) is 0. The summed E-state index contributed by atoms with van der Waals surface area (Å²) in [6.45, 7) is 0. The molecule has 5 heteroatoms. The number of para-hydroxylation sites is 2. The van der Waals surface area contributed by atoms with Gasteiger partial charge in [-0.1, -0.05) is 133 Å². The lowest BCUT2D eigenvalue weighted by Gasteiger charge is -2.12. The lowest BCUT2D eigenvalue weighted by molar-refractivity contribution is 0.669. The lowest BCUT2D eigenvalue weighted by atomic mass is 9.98. The molecule has 3 heterocycles. The molecule has 0 saturated heterocycles. The van der Waals surface area contributed by atoms with E-state index in [0.717, 1.165) is 93.2 Å². The molecule has 0 N–H and O–H groups in total. The Morgan fingerprint density at radius 2 is 0.885 bits per heavy atom. The third kappa shape index (κ3) is 4.39. The summed E-state index contributed by atoms with van der Waals surface area (Å²) in [4.78, 5) is 15.7. The molecule has 0 fully saturated rings. The highest BCUT2D eigenvalue weighted by molar-refractivity contribution is 6.19. The van der Waals surface area contributed by atoms with Crippen LogP contribution in [-0.2, 0) is 0 Å². The first-order valence-electron chi connectivity index (χ1n) is 17.4. The highest BCUT2D eigenvalue weighted by atomic mass is 16.3. The largest absolute Gasteiger partial charge is 0.455 e. The molecule has 0 saturated carbocycles. The second kappa shape index (κ2) is 11.2. The fourth-order valence-corrected chi connectivity index (χ4v) is 7.67. The SMILES string of the molecule is c1ccc(-c2ccc3c(c2)oc2c4ccccc4c(-c4nc(-c5cccc6ccccc56)nc(-c5cccc6c5oc5ccccc56)n4)cc32)cc1. The van der Waals surface area contributed by atoms with Gasteiger partial charge in [-0.25, -0.2) is 15.0 Å². The predicted octanol–water partition coefficient (Wildman–Crippen LogP) is 12.6. The molecular weight excluding hydrogens is 639 g/mol. The van der Waals surface area contributed by atoms with Gasteiger partial charge in [0.15, 0.2) is 17.5 Å².